The van der Waals surface area contributed by atoms with Crippen LogP contribution in [-0.4, -0.2) is 35.0 Å². The lowest BCUT2D eigenvalue weighted by Gasteiger charge is -2.25. The van der Waals surface area contributed by atoms with Crippen molar-refractivity contribution in [3.05, 3.63) is 87.9 Å². The number of carbonyl (C=O) groups is 2. The SMILES string of the molecule is CC(C)(C)c1ccc([C@H]2C(=C(O)c3ccc4c(c3)OCCO4)C(=O)C(=O)N2c2nc3ccc(Cl)cc3s2)cc1. The number of aliphatic hydroxyl groups is 1. The first-order valence-corrected chi connectivity index (χ1v) is 13.7. The molecular weight excluding hydrogens is 536 g/mol. The first kappa shape index (κ1) is 25.4. The van der Waals surface area contributed by atoms with Crippen molar-refractivity contribution < 1.29 is 24.2 Å². The van der Waals surface area contributed by atoms with E-state index in [1.807, 2.05) is 24.3 Å². The zero-order valence-corrected chi connectivity index (χ0v) is 23.1. The van der Waals surface area contributed by atoms with Gasteiger partial charge >= 0.3 is 5.91 Å². The lowest BCUT2D eigenvalue weighted by molar-refractivity contribution is -0.132. The van der Waals surface area contributed by atoms with Gasteiger partial charge in [0.05, 0.1) is 21.8 Å². The molecule has 1 N–H and O–H groups in total. The van der Waals surface area contributed by atoms with Crippen molar-refractivity contribution in [2.75, 3.05) is 18.1 Å². The smallest absolute Gasteiger partial charge is 0.301 e. The van der Waals surface area contributed by atoms with Gasteiger partial charge in [0.1, 0.15) is 19.0 Å². The number of ketones is 1. The van der Waals surface area contributed by atoms with Crippen LogP contribution < -0.4 is 14.4 Å². The number of Topliss-reactive ketones (excluding diaryl/α,β-unsaturated/α-hetero) is 1. The van der Waals surface area contributed by atoms with Crippen LogP contribution in [0.15, 0.2) is 66.2 Å². The highest BCUT2D eigenvalue weighted by Gasteiger charge is 2.48. The van der Waals surface area contributed by atoms with E-state index in [1.165, 1.54) is 16.2 Å². The quantitative estimate of drug-likeness (QED) is 0.171. The van der Waals surface area contributed by atoms with Crippen molar-refractivity contribution in [2.45, 2.75) is 32.2 Å². The van der Waals surface area contributed by atoms with Gasteiger partial charge in [-0.05, 0) is 52.9 Å². The Hall–Kier alpha value is -3.88. The van der Waals surface area contributed by atoms with Gasteiger partial charge in [-0.15, -0.1) is 0 Å². The molecule has 1 atom stereocenters. The number of halogens is 1. The van der Waals surface area contributed by atoms with Gasteiger partial charge in [0.2, 0.25) is 0 Å². The number of hydrogen-bond donors (Lipinski definition) is 1. The fraction of sp³-hybridized carbons (Fsp3) is 0.233. The summed E-state index contributed by atoms with van der Waals surface area (Å²) in [6.07, 6.45) is 0. The van der Waals surface area contributed by atoms with Gasteiger partial charge in [0.15, 0.2) is 16.6 Å². The average Bonchev–Trinajstić information content (AvgIpc) is 3.45. The molecule has 1 saturated heterocycles. The molecule has 3 aromatic carbocycles. The molecule has 1 fully saturated rings. The second-order valence-corrected chi connectivity index (χ2v) is 12.0. The van der Waals surface area contributed by atoms with Crippen LogP contribution >= 0.6 is 22.9 Å². The molecule has 6 rings (SSSR count). The molecule has 0 unspecified atom stereocenters. The van der Waals surface area contributed by atoms with Gasteiger partial charge in [0.25, 0.3) is 5.78 Å². The van der Waals surface area contributed by atoms with Gasteiger partial charge in [-0.2, -0.15) is 0 Å². The summed E-state index contributed by atoms with van der Waals surface area (Å²) in [5, 5.41) is 12.4. The van der Waals surface area contributed by atoms with Crippen LogP contribution in [0.3, 0.4) is 0 Å². The molecule has 9 heteroatoms. The number of benzene rings is 3. The summed E-state index contributed by atoms with van der Waals surface area (Å²) in [6, 6.07) is 17.1. The molecule has 2 aliphatic heterocycles. The van der Waals surface area contributed by atoms with Crippen LogP contribution in [0.2, 0.25) is 5.02 Å². The van der Waals surface area contributed by atoms with Crippen LogP contribution in [0.1, 0.15) is 43.5 Å². The third kappa shape index (κ3) is 4.43. The number of carbonyl (C=O) groups excluding carboxylic acids is 2. The average molecular weight is 561 g/mol. The Labute approximate surface area is 234 Å². The fourth-order valence-electron chi connectivity index (χ4n) is 4.85. The molecule has 39 heavy (non-hydrogen) atoms. The zero-order chi connectivity index (χ0) is 27.5. The Bertz CT molecular complexity index is 1670. The van der Waals surface area contributed by atoms with E-state index >= 15 is 0 Å². The van der Waals surface area contributed by atoms with Crippen molar-refractivity contribution in [2.24, 2.45) is 0 Å². The summed E-state index contributed by atoms with van der Waals surface area (Å²) in [7, 11) is 0. The van der Waals surface area contributed by atoms with Crippen molar-refractivity contribution in [1.29, 1.82) is 0 Å². The molecule has 0 spiro atoms. The topological polar surface area (TPSA) is 89.0 Å². The number of anilines is 1. The summed E-state index contributed by atoms with van der Waals surface area (Å²) in [6.45, 7) is 7.15. The Kier molecular flexibility index (Phi) is 6.12. The fourth-order valence-corrected chi connectivity index (χ4v) is 6.11. The summed E-state index contributed by atoms with van der Waals surface area (Å²) in [5.41, 5.74) is 2.69. The molecule has 0 bridgehead atoms. The molecular formula is C30H25ClN2O5S. The molecule has 1 amide bonds. The van der Waals surface area contributed by atoms with Crippen LogP contribution in [0, 0.1) is 0 Å². The monoisotopic (exact) mass is 560 g/mol. The summed E-state index contributed by atoms with van der Waals surface area (Å²) in [4.78, 5) is 33.1. The Morgan fingerprint density at radius 3 is 2.44 bits per heavy atom. The number of fused-ring (bicyclic) bond motifs is 2. The Morgan fingerprint density at radius 2 is 1.72 bits per heavy atom. The van der Waals surface area contributed by atoms with Gasteiger partial charge in [-0.25, -0.2) is 4.98 Å². The molecule has 4 aromatic rings. The number of aliphatic hydroxyl groups excluding tert-OH is 1. The number of rotatable bonds is 3. The highest BCUT2D eigenvalue weighted by Crippen LogP contribution is 2.45. The van der Waals surface area contributed by atoms with E-state index in [2.05, 4.69) is 25.8 Å². The molecule has 0 saturated carbocycles. The lowest BCUT2D eigenvalue weighted by atomic mass is 9.85. The van der Waals surface area contributed by atoms with Gasteiger partial charge in [-0.3, -0.25) is 14.5 Å². The highest BCUT2D eigenvalue weighted by atomic mass is 35.5. The van der Waals surface area contributed by atoms with E-state index in [1.54, 1.807) is 36.4 Å². The van der Waals surface area contributed by atoms with Gasteiger partial charge in [0, 0.05) is 10.6 Å². The first-order chi connectivity index (χ1) is 18.6. The van der Waals surface area contributed by atoms with E-state index in [4.69, 9.17) is 21.1 Å². The minimum atomic E-state index is -0.886. The summed E-state index contributed by atoms with van der Waals surface area (Å²) < 4.78 is 12.1. The number of amides is 1. The van der Waals surface area contributed by atoms with Crippen LogP contribution in [0.25, 0.3) is 16.0 Å². The third-order valence-corrected chi connectivity index (χ3v) is 8.15. The third-order valence-electron chi connectivity index (χ3n) is 6.90. The van der Waals surface area contributed by atoms with Crippen molar-refractivity contribution in [3.63, 3.8) is 0 Å². The largest absolute Gasteiger partial charge is 0.507 e. The number of hydrogen-bond acceptors (Lipinski definition) is 7. The molecule has 198 valence electrons. The number of ether oxygens (including phenoxy) is 2. The summed E-state index contributed by atoms with van der Waals surface area (Å²) >= 11 is 7.45. The maximum absolute atomic E-state index is 13.6. The zero-order valence-electron chi connectivity index (χ0n) is 21.5. The summed E-state index contributed by atoms with van der Waals surface area (Å²) in [5.74, 6) is -0.815. The van der Waals surface area contributed by atoms with E-state index in [0.717, 1.165) is 10.3 Å². The number of nitrogens with zero attached hydrogens (tertiary/aromatic N) is 2. The van der Waals surface area contributed by atoms with Crippen LogP contribution in [-0.2, 0) is 15.0 Å². The maximum atomic E-state index is 13.6. The molecule has 1 aromatic heterocycles. The van der Waals surface area contributed by atoms with Gasteiger partial charge < -0.3 is 14.6 Å². The molecule has 7 nitrogen and oxygen atoms in total. The number of aromatic nitrogens is 1. The van der Waals surface area contributed by atoms with Crippen molar-refractivity contribution in [1.82, 2.24) is 4.98 Å². The molecule has 2 aliphatic rings. The van der Waals surface area contributed by atoms with Crippen LogP contribution in [0.4, 0.5) is 5.13 Å². The maximum Gasteiger partial charge on any atom is 0.301 e. The highest BCUT2D eigenvalue weighted by molar-refractivity contribution is 7.22. The minimum Gasteiger partial charge on any atom is -0.507 e. The standard InChI is InChI=1S/C30H25ClN2O5S/c1-30(2,3)18-7-4-16(5-8-18)25-24(26(34)17-6-11-21-22(14-17)38-13-12-37-21)27(35)28(36)33(25)29-32-20-10-9-19(31)15-23(20)39-29/h4-11,14-15,25,34H,12-13H2,1-3H3/t25-/m0/s1. The van der Waals surface area contributed by atoms with E-state index in [9.17, 15) is 14.7 Å². The van der Waals surface area contributed by atoms with E-state index < -0.39 is 17.7 Å². The van der Waals surface area contributed by atoms with Crippen molar-refractivity contribution in [3.8, 4) is 11.5 Å². The minimum absolute atomic E-state index is 0.0162. The predicted molar refractivity (Wildman–Crippen MR) is 152 cm³/mol. The lowest BCUT2D eigenvalue weighted by Crippen LogP contribution is -2.29. The van der Waals surface area contributed by atoms with E-state index in [0.29, 0.717) is 51.5 Å². The Morgan fingerprint density at radius 1 is 1.00 bits per heavy atom. The molecule has 3 heterocycles. The first-order valence-electron chi connectivity index (χ1n) is 12.5. The van der Waals surface area contributed by atoms with E-state index in [-0.39, 0.29) is 16.7 Å². The number of thiazole rings is 1. The second-order valence-electron chi connectivity index (χ2n) is 10.5. The van der Waals surface area contributed by atoms with Crippen molar-refractivity contribution >= 4 is 55.7 Å². The Balaban J connectivity index is 1.53. The predicted octanol–water partition coefficient (Wildman–Crippen LogP) is 6.64. The normalized spacial score (nSPS) is 18.7. The van der Waals surface area contributed by atoms with Crippen LogP contribution in [0.5, 0.6) is 11.5 Å². The molecule has 0 radical (unpaired) electrons. The van der Waals surface area contributed by atoms with Gasteiger partial charge in [-0.1, -0.05) is 68.0 Å². The second kappa shape index (κ2) is 9.39. The molecule has 0 aliphatic carbocycles.